The van der Waals surface area contributed by atoms with Gasteiger partial charge in [0, 0.05) is 27.9 Å². The number of carbonyl (C=O) groups excluding carboxylic acids is 2. The van der Waals surface area contributed by atoms with E-state index in [1.54, 1.807) is 43.3 Å². The zero-order valence-electron chi connectivity index (χ0n) is 13.6. The number of anilines is 1. The average molecular weight is 398 g/mol. The lowest BCUT2D eigenvalue weighted by atomic mass is 10.2. The van der Waals surface area contributed by atoms with E-state index in [0.717, 1.165) is 5.56 Å². The van der Waals surface area contributed by atoms with Gasteiger partial charge < -0.3 is 10.1 Å². The highest BCUT2D eigenvalue weighted by Crippen LogP contribution is 2.25. The molecule has 0 aliphatic heterocycles. The second-order valence-corrected chi connectivity index (χ2v) is 6.96. The van der Waals surface area contributed by atoms with Crippen LogP contribution in [0.15, 0.2) is 42.5 Å². The molecule has 2 rings (SSSR count). The number of hydrogen-bond acceptors (Lipinski definition) is 4. The maximum atomic E-state index is 12.0. The molecule has 1 N–H and O–H groups in total. The molecule has 0 heterocycles. The molecule has 1 amide bonds. The van der Waals surface area contributed by atoms with Crippen LogP contribution in [0.4, 0.5) is 5.69 Å². The van der Waals surface area contributed by atoms with Gasteiger partial charge in [0.05, 0.1) is 5.75 Å². The van der Waals surface area contributed by atoms with E-state index >= 15 is 0 Å². The van der Waals surface area contributed by atoms with Crippen LogP contribution in [-0.2, 0) is 15.3 Å². The molecule has 0 spiro atoms. The number of amides is 1. The number of thioether (sulfide) groups is 1. The molecule has 132 valence electrons. The van der Waals surface area contributed by atoms with Crippen LogP contribution >= 0.6 is 35.0 Å². The van der Waals surface area contributed by atoms with Gasteiger partial charge in [-0.05, 0) is 42.0 Å². The number of esters is 1. The Morgan fingerprint density at radius 2 is 1.84 bits per heavy atom. The predicted octanol–water partition coefficient (Wildman–Crippen LogP) is 5.18. The van der Waals surface area contributed by atoms with Gasteiger partial charge in [-0.2, -0.15) is 0 Å². The second-order valence-electron chi connectivity index (χ2n) is 5.13. The maximum Gasteiger partial charge on any atom is 0.310 e. The van der Waals surface area contributed by atoms with Crippen LogP contribution in [0.25, 0.3) is 0 Å². The van der Waals surface area contributed by atoms with E-state index in [4.69, 9.17) is 27.9 Å². The van der Waals surface area contributed by atoms with Gasteiger partial charge >= 0.3 is 5.97 Å². The molecule has 0 unspecified atom stereocenters. The van der Waals surface area contributed by atoms with Gasteiger partial charge in [0.15, 0.2) is 0 Å². The number of hydrogen-bond donors (Lipinski definition) is 1. The summed E-state index contributed by atoms with van der Waals surface area (Å²) in [5.41, 5.74) is 1.58. The van der Waals surface area contributed by atoms with E-state index in [9.17, 15) is 9.59 Å². The third-order valence-corrected chi connectivity index (χ3v) is 4.73. The van der Waals surface area contributed by atoms with Gasteiger partial charge in [0.2, 0.25) is 5.91 Å². The molecule has 2 aromatic carbocycles. The minimum Gasteiger partial charge on any atom is -0.427 e. The van der Waals surface area contributed by atoms with Gasteiger partial charge in [-0.25, -0.2) is 0 Å². The lowest BCUT2D eigenvalue weighted by molar-refractivity contribution is -0.134. The first-order valence-electron chi connectivity index (χ1n) is 7.60. The second kappa shape index (κ2) is 9.70. The first-order valence-corrected chi connectivity index (χ1v) is 9.51. The Bertz CT molecular complexity index is 750. The third kappa shape index (κ3) is 6.61. The molecule has 0 radical (unpaired) electrons. The van der Waals surface area contributed by atoms with E-state index in [0.29, 0.717) is 39.4 Å². The molecule has 0 aliphatic carbocycles. The summed E-state index contributed by atoms with van der Waals surface area (Å²) in [6.45, 7) is 1.73. The summed E-state index contributed by atoms with van der Waals surface area (Å²) in [5, 5.41) is 3.97. The topological polar surface area (TPSA) is 55.4 Å². The van der Waals surface area contributed by atoms with Crippen molar-refractivity contribution in [2.45, 2.75) is 19.1 Å². The minimum absolute atomic E-state index is 0.117. The highest BCUT2D eigenvalue weighted by molar-refractivity contribution is 7.99. The van der Waals surface area contributed by atoms with E-state index in [2.05, 4.69) is 5.32 Å². The molecule has 2 aromatic rings. The van der Waals surface area contributed by atoms with Crippen molar-refractivity contribution < 1.29 is 14.3 Å². The number of halogens is 2. The monoisotopic (exact) mass is 397 g/mol. The molecule has 0 aromatic heterocycles. The fraction of sp³-hybridized carbons (Fsp3) is 0.222. The highest BCUT2D eigenvalue weighted by Gasteiger charge is 2.07. The Kier molecular flexibility index (Phi) is 7.62. The summed E-state index contributed by atoms with van der Waals surface area (Å²) in [5.74, 6) is 0.958. The Morgan fingerprint density at radius 1 is 1.12 bits per heavy atom. The minimum atomic E-state index is -0.297. The number of rotatable bonds is 7. The predicted molar refractivity (Wildman–Crippen MR) is 104 cm³/mol. The van der Waals surface area contributed by atoms with Crippen molar-refractivity contribution in [3.05, 3.63) is 58.1 Å². The first-order chi connectivity index (χ1) is 12.0. The van der Waals surface area contributed by atoms with Gasteiger partial charge in [-0.1, -0.05) is 36.2 Å². The normalized spacial score (nSPS) is 10.4. The summed E-state index contributed by atoms with van der Waals surface area (Å²) in [6, 6.07) is 12.0. The van der Waals surface area contributed by atoms with Crippen molar-refractivity contribution in [2.24, 2.45) is 0 Å². The summed E-state index contributed by atoms with van der Waals surface area (Å²) in [6.07, 6.45) is 0.313. The van der Waals surface area contributed by atoms with Crippen molar-refractivity contribution in [1.29, 1.82) is 0 Å². The number of carbonyl (C=O) groups is 2. The number of benzene rings is 2. The lowest BCUT2D eigenvalue weighted by Gasteiger charge is -2.08. The van der Waals surface area contributed by atoms with Gasteiger partial charge in [-0.15, -0.1) is 11.8 Å². The quantitative estimate of drug-likeness (QED) is 0.516. The van der Waals surface area contributed by atoms with Gasteiger partial charge in [0.1, 0.15) is 5.75 Å². The zero-order valence-corrected chi connectivity index (χ0v) is 15.9. The average Bonchev–Trinajstić information content (AvgIpc) is 2.58. The fourth-order valence-electron chi connectivity index (χ4n) is 1.90. The zero-order chi connectivity index (χ0) is 18.2. The van der Waals surface area contributed by atoms with Crippen LogP contribution in [0, 0.1) is 0 Å². The Balaban J connectivity index is 1.79. The van der Waals surface area contributed by atoms with Crippen molar-refractivity contribution in [1.82, 2.24) is 0 Å². The smallest absolute Gasteiger partial charge is 0.310 e. The molecular formula is C18H17Cl2NO3S. The molecular weight excluding hydrogens is 381 g/mol. The molecule has 4 nitrogen and oxygen atoms in total. The molecule has 0 saturated carbocycles. The third-order valence-electron chi connectivity index (χ3n) is 3.16. The molecule has 0 bridgehead atoms. The number of ether oxygens (including phenoxy) is 1. The van der Waals surface area contributed by atoms with E-state index in [1.807, 2.05) is 6.07 Å². The Hall–Kier alpha value is -1.69. The largest absolute Gasteiger partial charge is 0.427 e. The van der Waals surface area contributed by atoms with Crippen LogP contribution in [0.3, 0.4) is 0 Å². The molecule has 0 saturated heterocycles. The van der Waals surface area contributed by atoms with Crippen LogP contribution in [0.5, 0.6) is 5.75 Å². The van der Waals surface area contributed by atoms with Gasteiger partial charge in [0.25, 0.3) is 0 Å². The molecule has 0 fully saturated rings. The summed E-state index contributed by atoms with van der Waals surface area (Å²) in [4.78, 5) is 23.2. The fourth-order valence-corrected chi connectivity index (χ4v) is 3.29. The molecule has 7 heteroatoms. The standard InChI is InChI=1S/C18H17Cl2NO3S/c1-2-18(23)24-15-7-5-14(6-8-15)21-17(22)11-25-10-12-3-4-13(19)9-16(12)20/h3-9H,2,10-11H2,1H3,(H,21,22). The summed E-state index contributed by atoms with van der Waals surface area (Å²) < 4.78 is 5.08. The van der Waals surface area contributed by atoms with Crippen molar-refractivity contribution >= 4 is 52.5 Å². The van der Waals surface area contributed by atoms with Crippen molar-refractivity contribution in [3.8, 4) is 5.75 Å². The maximum absolute atomic E-state index is 12.0. The summed E-state index contributed by atoms with van der Waals surface area (Å²) >= 11 is 13.4. The van der Waals surface area contributed by atoms with Crippen LogP contribution < -0.4 is 10.1 Å². The van der Waals surface area contributed by atoms with E-state index in [-0.39, 0.29) is 11.9 Å². The molecule has 25 heavy (non-hydrogen) atoms. The molecule has 0 aliphatic rings. The first kappa shape index (κ1) is 19.6. The van der Waals surface area contributed by atoms with Crippen LogP contribution in [0.2, 0.25) is 10.0 Å². The van der Waals surface area contributed by atoms with Crippen LogP contribution in [-0.4, -0.2) is 17.6 Å². The van der Waals surface area contributed by atoms with Gasteiger partial charge in [-0.3, -0.25) is 9.59 Å². The summed E-state index contributed by atoms with van der Waals surface area (Å²) in [7, 11) is 0. The van der Waals surface area contributed by atoms with E-state index < -0.39 is 0 Å². The number of nitrogens with one attached hydrogen (secondary N) is 1. The highest BCUT2D eigenvalue weighted by atomic mass is 35.5. The van der Waals surface area contributed by atoms with Crippen LogP contribution in [0.1, 0.15) is 18.9 Å². The SMILES string of the molecule is CCC(=O)Oc1ccc(NC(=O)CSCc2ccc(Cl)cc2Cl)cc1. The van der Waals surface area contributed by atoms with Crippen molar-refractivity contribution in [2.75, 3.05) is 11.1 Å². The van der Waals surface area contributed by atoms with Crippen molar-refractivity contribution in [3.63, 3.8) is 0 Å². The van der Waals surface area contributed by atoms with E-state index in [1.165, 1.54) is 11.8 Å². The Morgan fingerprint density at radius 3 is 2.48 bits per heavy atom. The Labute approximate surface area is 160 Å². The lowest BCUT2D eigenvalue weighted by Crippen LogP contribution is -2.14. The molecule has 0 atom stereocenters.